The van der Waals surface area contributed by atoms with E-state index in [1.807, 2.05) is 36.4 Å². The molecular formula is C17H22FN4O3+. The molecule has 0 aliphatic heterocycles. The van der Waals surface area contributed by atoms with Crippen LogP contribution in [0.2, 0.25) is 0 Å². The van der Waals surface area contributed by atoms with Gasteiger partial charge in [-0.1, -0.05) is 29.4 Å². The van der Waals surface area contributed by atoms with Crippen LogP contribution < -0.4 is 4.98 Å². The van der Waals surface area contributed by atoms with Gasteiger partial charge in [0.25, 0.3) is 0 Å². The number of halogens is 1. The van der Waals surface area contributed by atoms with E-state index in [-0.39, 0.29) is 6.61 Å². The summed E-state index contributed by atoms with van der Waals surface area (Å²) in [6.45, 7) is -0.833. The highest BCUT2D eigenvalue weighted by atomic mass is 19.1. The van der Waals surface area contributed by atoms with Crippen LogP contribution in [0.4, 0.5) is 4.39 Å². The summed E-state index contributed by atoms with van der Waals surface area (Å²) < 4.78 is 18.3. The summed E-state index contributed by atoms with van der Waals surface area (Å²) in [5.74, 6) is 0. The van der Waals surface area contributed by atoms with E-state index in [0.717, 1.165) is 29.5 Å². The summed E-state index contributed by atoms with van der Waals surface area (Å²) in [5, 5.41) is 19.5. The zero-order valence-electron chi connectivity index (χ0n) is 14.1. The molecule has 2 atom stereocenters. The van der Waals surface area contributed by atoms with Crippen LogP contribution in [0.5, 0.6) is 0 Å². The van der Waals surface area contributed by atoms with Crippen LogP contribution in [0.1, 0.15) is 17.4 Å². The summed E-state index contributed by atoms with van der Waals surface area (Å²) in [7, 11) is 2.46. The molecule has 8 heteroatoms. The first kappa shape index (κ1) is 20.5. The summed E-state index contributed by atoms with van der Waals surface area (Å²) in [6.07, 6.45) is 1.17. The van der Waals surface area contributed by atoms with Gasteiger partial charge < -0.3 is 14.9 Å². The Hall–Kier alpha value is -2.51. The number of hydrogen-bond donors (Lipinski definition) is 2. The van der Waals surface area contributed by atoms with E-state index >= 15 is 0 Å². The Morgan fingerprint density at radius 1 is 1.20 bits per heavy atom. The number of benzene rings is 1. The predicted octanol–water partition coefficient (Wildman–Crippen LogP) is 2.60. The van der Waals surface area contributed by atoms with Crippen LogP contribution in [0.15, 0.2) is 47.7 Å². The fraction of sp³-hybridized carbons (Fsp3) is 0.353. The fourth-order valence-corrected chi connectivity index (χ4v) is 2.35. The number of nitrogens with zero attached hydrogens (tertiary/aromatic N) is 3. The molecule has 3 N–H and O–H groups in total. The Labute approximate surface area is 145 Å². The molecule has 0 radical (unpaired) electrons. The number of methoxy groups -OCH3 is 1. The molecular weight excluding hydrogens is 327 g/mol. The van der Waals surface area contributed by atoms with Gasteiger partial charge in [0.15, 0.2) is 6.20 Å². The lowest BCUT2D eigenvalue weighted by atomic mass is 9.99. The molecule has 0 spiro atoms. The summed E-state index contributed by atoms with van der Waals surface area (Å²) in [6, 6.07) is 10.2. The van der Waals surface area contributed by atoms with Gasteiger partial charge in [-0.2, -0.15) is 0 Å². The van der Waals surface area contributed by atoms with Crippen molar-refractivity contribution in [3.63, 3.8) is 0 Å². The van der Waals surface area contributed by atoms with Gasteiger partial charge in [0, 0.05) is 30.8 Å². The highest BCUT2D eigenvalue weighted by Crippen LogP contribution is 2.26. The number of ether oxygens (including phenoxy) is 1. The first-order valence-electron chi connectivity index (χ1n) is 7.53. The maximum atomic E-state index is 13.0. The van der Waals surface area contributed by atoms with Gasteiger partial charge in [0.05, 0.1) is 12.1 Å². The standard InChI is InChI=1S/C16H17FN4O2.CH4O/c1-23-16(15(8-17)20-21-18)12-4-2-11(3-5-12)13-6-7-14(10-22)19-9-13;1-2/h2-7,9,15-16,22H,8,10H2,1H3;2H,1H3/p+1/t15-,16-;/m1./s1. The van der Waals surface area contributed by atoms with E-state index in [0.29, 0.717) is 0 Å². The fourth-order valence-electron chi connectivity index (χ4n) is 2.35. The second-order valence-corrected chi connectivity index (χ2v) is 4.97. The van der Waals surface area contributed by atoms with Crippen LogP contribution >= 0.6 is 0 Å². The Bertz CT molecular complexity index is 673. The zero-order chi connectivity index (χ0) is 18.7. The Morgan fingerprint density at radius 2 is 1.84 bits per heavy atom. The van der Waals surface area contributed by atoms with Crippen molar-refractivity contribution in [3.8, 4) is 11.1 Å². The van der Waals surface area contributed by atoms with Gasteiger partial charge in [-0.25, -0.2) is 4.98 Å². The number of aromatic amines is 1. The molecule has 25 heavy (non-hydrogen) atoms. The maximum Gasteiger partial charge on any atom is 0.205 e. The largest absolute Gasteiger partial charge is 0.400 e. The summed E-state index contributed by atoms with van der Waals surface area (Å²) in [5.41, 5.74) is 11.9. The first-order chi connectivity index (χ1) is 12.2. The van der Waals surface area contributed by atoms with Crippen LogP contribution in [-0.4, -0.2) is 37.1 Å². The van der Waals surface area contributed by atoms with Crippen molar-refractivity contribution in [1.82, 2.24) is 0 Å². The number of nitrogens with one attached hydrogen (secondary N) is 1. The molecule has 1 heterocycles. The Kier molecular flexibility index (Phi) is 9.13. The van der Waals surface area contributed by atoms with E-state index in [9.17, 15) is 4.39 Å². The van der Waals surface area contributed by atoms with Crippen LogP contribution in [0, 0.1) is 0 Å². The normalized spacial score (nSPS) is 12.4. The minimum absolute atomic E-state index is 0.0429. The average molecular weight is 349 g/mol. The monoisotopic (exact) mass is 349 g/mol. The smallest absolute Gasteiger partial charge is 0.205 e. The summed E-state index contributed by atoms with van der Waals surface area (Å²) in [4.78, 5) is 5.66. The SMILES string of the molecule is CO.CO[C@H](c1ccc(-c2ccc(CO)[nH+]c2)cc1)[C@@H](CF)N=[N+]=[N-]. The van der Waals surface area contributed by atoms with Crippen molar-refractivity contribution in [3.05, 3.63) is 64.3 Å². The first-order valence-corrected chi connectivity index (χ1v) is 7.53. The third-order valence-corrected chi connectivity index (χ3v) is 3.58. The van der Waals surface area contributed by atoms with E-state index in [4.69, 9.17) is 20.5 Å². The van der Waals surface area contributed by atoms with Crippen LogP contribution in [0.3, 0.4) is 0 Å². The minimum atomic E-state index is -0.895. The molecule has 0 saturated heterocycles. The van der Waals surface area contributed by atoms with Gasteiger partial charge in [-0.15, -0.1) is 0 Å². The lowest BCUT2D eigenvalue weighted by Crippen LogP contribution is -2.20. The topological polar surface area (TPSA) is 113 Å². The lowest BCUT2D eigenvalue weighted by molar-refractivity contribution is -0.394. The molecule has 0 unspecified atom stereocenters. The Balaban J connectivity index is 0.00000151. The van der Waals surface area contributed by atoms with E-state index in [1.165, 1.54) is 7.11 Å². The number of aliphatic hydroxyl groups excluding tert-OH is 2. The third kappa shape index (κ3) is 5.51. The average Bonchev–Trinajstić information content (AvgIpc) is 2.70. The summed E-state index contributed by atoms with van der Waals surface area (Å²) >= 11 is 0. The molecule has 0 saturated carbocycles. The minimum Gasteiger partial charge on any atom is -0.400 e. The zero-order valence-corrected chi connectivity index (χ0v) is 14.1. The molecule has 2 aromatic rings. The molecule has 0 amide bonds. The van der Waals surface area contributed by atoms with Gasteiger partial charge in [0.1, 0.15) is 13.3 Å². The molecule has 2 rings (SSSR count). The Morgan fingerprint density at radius 3 is 2.28 bits per heavy atom. The second kappa shape index (κ2) is 11.1. The predicted molar refractivity (Wildman–Crippen MR) is 91.2 cm³/mol. The van der Waals surface area contributed by atoms with Gasteiger partial charge in [-0.3, -0.25) is 4.39 Å². The molecule has 1 aromatic heterocycles. The molecule has 0 bridgehead atoms. The van der Waals surface area contributed by atoms with E-state index in [2.05, 4.69) is 15.0 Å². The highest BCUT2D eigenvalue weighted by molar-refractivity contribution is 5.62. The number of aromatic nitrogens is 1. The number of rotatable bonds is 7. The van der Waals surface area contributed by atoms with Crippen LogP contribution in [-0.2, 0) is 11.3 Å². The van der Waals surface area contributed by atoms with Crippen molar-refractivity contribution in [2.24, 2.45) is 5.11 Å². The molecule has 7 nitrogen and oxygen atoms in total. The molecule has 134 valence electrons. The molecule has 0 aliphatic carbocycles. The number of azide groups is 1. The van der Waals surface area contributed by atoms with Gasteiger partial charge in [-0.05, 0) is 22.7 Å². The molecule has 1 aromatic carbocycles. The quantitative estimate of drug-likeness (QED) is 0.455. The van der Waals surface area contributed by atoms with E-state index < -0.39 is 18.8 Å². The maximum absolute atomic E-state index is 13.0. The number of pyridine rings is 1. The lowest BCUT2D eigenvalue weighted by Gasteiger charge is -2.20. The number of alkyl halides is 1. The number of hydrogen-bond acceptors (Lipinski definition) is 4. The van der Waals surface area contributed by atoms with Gasteiger partial charge >= 0.3 is 0 Å². The number of H-pyrrole nitrogens is 1. The van der Waals surface area contributed by atoms with Crippen molar-refractivity contribution in [2.75, 3.05) is 20.9 Å². The van der Waals surface area contributed by atoms with E-state index in [1.54, 1.807) is 6.20 Å². The van der Waals surface area contributed by atoms with Crippen molar-refractivity contribution >= 4 is 0 Å². The molecule has 0 fully saturated rings. The van der Waals surface area contributed by atoms with Crippen molar-refractivity contribution in [1.29, 1.82) is 0 Å². The molecule has 0 aliphatic rings. The van der Waals surface area contributed by atoms with Crippen molar-refractivity contribution < 1.29 is 24.3 Å². The highest BCUT2D eigenvalue weighted by Gasteiger charge is 2.22. The number of aliphatic hydroxyl groups is 2. The second-order valence-electron chi connectivity index (χ2n) is 4.97. The van der Waals surface area contributed by atoms with Crippen LogP contribution in [0.25, 0.3) is 21.6 Å². The van der Waals surface area contributed by atoms with Gasteiger partial charge in [0.2, 0.25) is 5.69 Å². The third-order valence-electron chi connectivity index (χ3n) is 3.58. The van der Waals surface area contributed by atoms with Crippen molar-refractivity contribution in [2.45, 2.75) is 18.8 Å².